The molecule has 0 saturated carbocycles. The summed E-state index contributed by atoms with van der Waals surface area (Å²) in [7, 11) is 0. The number of aryl methyl sites for hydroxylation is 1. The summed E-state index contributed by atoms with van der Waals surface area (Å²) in [6, 6.07) is 24.5. The normalized spacial score (nSPS) is 11.9. The molecule has 2 aromatic heterocycles. The van der Waals surface area contributed by atoms with Gasteiger partial charge in [0.15, 0.2) is 0 Å². The van der Waals surface area contributed by atoms with Crippen LogP contribution < -0.4 is 5.32 Å². The predicted octanol–water partition coefficient (Wildman–Crippen LogP) is 7.32. The number of carboxylic acids is 1. The van der Waals surface area contributed by atoms with Gasteiger partial charge in [0.25, 0.3) is 5.91 Å². The number of pyridine rings is 1. The smallest absolute Gasteiger partial charge is 0.336 e. The summed E-state index contributed by atoms with van der Waals surface area (Å²) in [5, 5.41) is 13.7. The lowest BCUT2D eigenvalue weighted by molar-refractivity contribution is 0.0697. The maximum atomic E-state index is 13.1. The third-order valence-corrected chi connectivity index (χ3v) is 7.70. The monoisotopic (exact) mass is 581 g/mol. The molecule has 2 N–H and O–H groups in total. The van der Waals surface area contributed by atoms with Crippen molar-refractivity contribution in [1.29, 1.82) is 0 Å². The third kappa shape index (κ3) is 5.36. The van der Waals surface area contributed by atoms with Gasteiger partial charge in [-0.3, -0.25) is 4.79 Å². The highest BCUT2D eigenvalue weighted by molar-refractivity contribution is 9.10. The Morgan fingerprint density at radius 2 is 1.74 bits per heavy atom. The Hall–Kier alpha value is -4.23. The molecule has 0 radical (unpaired) electrons. The molecule has 5 rings (SSSR count). The molecule has 196 valence electrons. The number of halogens is 1. The standard InChI is InChI=1S/C32H28BrN3O3/c1-19-21(3)36(18-22-8-10-23(11-9-22)26-6-4-5-7-27(26)32(38)39)29-13-12-25(16-28(19)29)31(37)35-20(2)24-14-15-34-30(33)17-24/h4-17,20H,18H2,1-3H3,(H,35,37)(H,38,39)/t20-/m0/s1. The Bertz CT molecular complexity index is 1710. The second-order valence-corrected chi connectivity index (χ2v) is 10.5. The lowest BCUT2D eigenvalue weighted by atomic mass is 9.99. The zero-order chi connectivity index (χ0) is 27.7. The van der Waals surface area contributed by atoms with Crippen LogP contribution in [-0.2, 0) is 6.54 Å². The van der Waals surface area contributed by atoms with Crippen molar-refractivity contribution in [2.45, 2.75) is 33.4 Å². The van der Waals surface area contributed by atoms with Crippen molar-refractivity contribution in [3.8, 4) is 11.1 Å². The number of rotatable bonds is 7. The fourth-order valence-electron chi connectivity index (χ4n) is 4.94. The van der Waals surface area contributed by atoms with Gasteiger partial charge in [-0.1, -0.05) is 42.5 Å². The first-order valence-corrected chi connectivity index (χ1v) is 13.5. The Morgan fingerprint density at radius 3 is 2.46 bits per heavy atom. The number of fused-ring (bicyclic) bond motifs is 1. The molecule has 0 bridgehead atoms. The highest BCUT2D eigenvalue weighted by atomic mass is 79.9. The summed E-state index contributed by atoms with van der Waals surface area (Å²) < 4.78 is 2.98. The van der Waals surface area contributed by atoms with E-state index in [0.29, 0.717) is 17.7 Å². The number of nitrogens with zero attached hydrogens (tertiary/aromatic N) is 2. The summed E-state index contributed by atoms with van der Waals surface area (Å²) in [4.78, 5) is 28.9. The van der Waals surface area contributed by atoms with Crippen molar-refractivity contribution in [2.75, 3.05) is 0 Å². The van der Waals surface area contributed by atoms with E-state index in [1.165, 1.54) is 0 Å². The molecule has 0 aliphatic heterocycles. The van der Waals surface area contributed by atoms with Crippen molar-refractivity contribution < 1.29 is 14.7 Å². The number of hydrogen-bond acceptors (Lipinski definition) is 3. The topological polar surface area (TPSA) is 84.2 Å². The average Bonchev–Trinajstić information content (AvgIpc) is 3.17. The predicted molar refractivity (Wildman–Crippen MR) is 157 cm³/mol. The van der Waals surface area contributed by atoms with Gasteiger partial charge < -0.3 is 15.0 Å². The molecule has 1 atom stereocenters. The van der Waals surface area contributed by atoms with Crippen LogP contribution in [0.5, 0.6) is 0 Å². The molecule has 2 heterocycles. The van der Waals surface area contributed by atoms with E-state index in [1.807, 2.05) is 73.7 Å². The molecule has 0 fully saturated rings. The summed E-state index contributed by atoms with van der Waals surface area (Å²) in [5.41, 5.74) is 7.88. The molecule has 0 aliphatic rings. The van der Waals surface area contributed by atoms with Crippen molar-refractivity contribution in [2.24, 2.45) is 0 Å². The van der Waals surface area contributed by atoms with Gasteiger partial charge in [-0.2, -0.15) is 0 Å². The second-order valence-electron chi connectivity index (χ2n) is 9.68. The molecule has 0 spiro atoms. The van der Waals surface area contributed by atoms with E-state index in [2.05, 4.69) is 44.6 Å². The van der Waals surface area contributed by atoms with Crippen LogP contribution in [0.3, 0.4) is 0 Å². The van der Waals surface area contributed by atoms with Crippen LogP contribution in [0.4, 0.5) is 0 Å². The van der Waals surface area contributed by atoms with Gasteiger partial charge in [-0.05, 0) is 101 Å². The first-order valence-electron chi connectivity index (χ1n) is 12.7. The minimum absolute atomic E-state index is 0.126. The van der Waals surface area contributed by atoms with Gasteiger partial charge in [0.05, 0.1) is 11.6 Å². The number of carboxylic acid groups (broad SMARTS) is 1. The van der Waals surface area contributed by atoms with E-state index in [4.69, 9.17) is 0 Å². The van der Waals surface area contributed by atoms with Gasteiger partial charge in [-0.15, -0.1) is 0 Å². The zero-order valence-electron chi connectivity index (χ0n) is 21.9. The summed E-state index contributed by atoms with van der Waals surface area (Å²) >= 11 is 3.38. The maximum Gasteiger partial charge on any atom is 0.336 e. The van der Waals surface area contributed by atoms with Crippen molar-refractivity contribution in [1.82, 2.24) is 14.9 Å². The van der Waals surface area contributed by atoms with Gasteiger partial charge in [-0.25, -0.2) is 9.78 Å². The van der Waals surface area contributed by atoms with Crippen LogP contribution >= 0.6 is 15.9 Å². The average molecular weight is 582 g/mol. The summed E-state index contributed by atoms with van der Waals surface area (Å²) in [6.45, 7) is 6.79. The largest absolute Gasteiger partial charge is 0.478 e. The molecule has 0 unspecified atom stereocenters. The first-order chi connectivity index (χ1) is 18.7. The molecular formula is C32H28BrN3O3. The molecule has 7 heteroatoms. The Kier molecular flexibility index (Phi) is 7.35. The van der Waals surface area contributed by atoms with Gasteiger partial charge >= 0.3 is 5.97 Å². The van der Waals surface area contributed by atoms with E-state index in [1.54, 1.807) is 18.3 Å². The first kappa shape index (κ1) is 26.4. The highest BCUT2D eigenvalue weighted by Gasteiger charge is 2.17. The van der Waals surface area contributed by atoms with Crippen molar-refractivity contribution >= 4 is 38.7 Å². The van der Waals surface area contributed by atoms with Gasteiger partial charge in [0.1, 0.15) is 4.60 Å². The Balaban J connectivity index is 1.39. The van der Waals surface area contributed by atoms with Gasteiger partial charge in [0, 0.05) is 34.9 Å². The third-order valence-electron chi connectivity index (χ3n) is 7.26. The minimum Gasteiger partial charge on any atom is -0.478 e. The number of hydrogen-bond donors (Lipinski definition) is 2. The molecule has 1 amide bonds. The minimum atomic E-state index is -0.937. The van der Waals surface area contributed by atoms with E-state index < -0.39 is 5.97 Å². The van der Waals surface area contributed by atoms with Crippen molar-refractivity contribution in [3.63, 3.8) is 0 Å². The molecule has 5 aromatic rings. The number of amides is 1. The summed E-state index contributed by atoms with van der Waals surface area (Å²) in [5.74, 6) is -1.06. The van der Waals surface area contributed by atoms with Crippen LogP contribution in [0.15, 0.2) is 89.7 Å². The molecule has 39 heavy (non-hydrogen) atoms. The number of carbonyl (C=O) groups is 2. The Morgan fingerprint density at radius 1 is 1.00 bits per heavy atom. The van der Waals surface area contributed by atoms with E-state index in [-0.39, 0.29) is 17.5 Å². The van der Waals surface area contributed by atoms with Crippen LogP contribution in [0, 0.1) is 13.8 Å². The van der Waals surface area contributed by atoms with E-state index >= 15 is 0 Å². The molecule has 0 saturated heterocycles. The second kappa shape index (κ2) is 10.9. The maximum absolute atomic E-state index is 13.1. The van der Waals surface area contributed by atoms with Crippen LogP contribution in [0.2, 0.25) is 0 Å². The fraction of sp³-hybridized carbons (Fsp3) is 0.156. The summed E-state index contributed by atoms with van der Waals surface area (Å²) in [6.07, 6.45) is 1.71. The van der Waals surface area contributed by atoms with Crippen molar-refractivity contribution in [3.05, 3.63) is 123 Å². The van der Waals surface area contributed by atoms with Crippen LogP contribution in [-0.4, -0.2) is 26.5 Å². The quantitative estimate of drug-likeness (QED) is 0.197. The number of aromatic nitrogens is 2. The lowest BCUT2D eigenvalue weighted by Gasteiger charge is -2.15. The number of aromatic carboxylic acids is 1. The van der Waals surface area contributed by atoms with Crippen LogP contribution in [0.1, 0.15) is 56.1 Å². The fourth-order valence-corrected chi connectivity index (χ4v) is 5.32. The highest BCUT2D eigenvalue weighted by Crippen LogP contribution is 2.29. The molecule has 0 aliphatic carbocycles. The lowest BCUT2D eigenvalue weighted by Crippen LogP contribution is -2.26. The zero-order valence-corrected chi connectivity index (χ0v) is 23.5. The SMILES string of the molecule is Cc1c(C)n(Cc2ccc(-c3ccccc3C(=O)O)cc2)c2ccc(C(=O)N[C@@H](C)c3ccnc(Br)c3)cc12. The number of nitrogens with one attached hydrogen (secondary N) is 1. The van der Waals surface area contributed by atoms with E-state index in [9.17, 15) is 14.7 Å². The molecular weight excluding hydrogens is 554 g/mol. The van der Waals surface area contributed by atoms with Gasteiger partial charge in [0.2, 0.25) is 0 Å². The van der Waals surface area contributed by atoms with Crippen LogP contribution in [0.25, 0.3) is 22.0 Å². The molecule has 3 aromatic carbocycles. The number of carbonyl (C=O) groups excluding carboxylic acids is 1. The Labute approximate surface area is 235 Å². The number of benzene rings is 3. The van der Waals surface area contributed by atoms with E-state index in [0.717, 1.165) is 43.5 Å². The molecule has 6 nitrogen and oxygen atoms in total.